The Kier molecular flexibility index (Phi) is 3.80. The van der Waals surface area contributed by atoms with Crippen molar-refractivity contribution in [1.82, 2.24) is 0 Å². The predicted molar refractivity (Wildman–Crippen MR) is 63.4 cm³/mol. The number of benzene rings is 1. The second kappa shape index (κ2) is 5.32. The lowest BCUT2D eigenvalue weighted by atomic mass is 9.88. The highest BCUT2D eigenvalue weighted by Gasteiger charge is 2.17. The Bertz CT molecular complexity index is 352. The molecule has 1 aromatic carbocycles. The molecule has 3 heteroatoms. The molecule has 1 atom stereocenters. The smallest absolute Gasteiger partial charge is 0.189 e. The summed E-state index contributed by atoms with van der Waals surface area (Å²) in [5.41, 5.74) is 8.68. The lowest BCUT2D eigenvalue weighted by Gasteiger charge is -2.22. The summed E-state index contributed by atoms with van der Waals surface area (Å²) in [5, 5.41) is 0. The normalized spacial score (nSPS) is 19.2. The molecule has 0 saturated carbocycles. The highest BCUT2D eigenvalue weighted by molar-refractivity contribution is 5.38. The third-order valence-corrected chi connectivity index (χ3v) is 2.99. The second-order valence-corrected chi connectivity index (χ2v) is 4.11. The SMILES string of the molecule is CCOCOc1ccc2c(c1)C(N)CCC2. The standard InChI is InChI=1S/C13H19NO2/c1-2-15-9-16-11-7-6-10-4-3-5-13(14)12(10)8-11/h6-8,13H,2-5,9,14H2,1H3. The van der Waals surface area contributed by atoms with Gasteiger partial charge < -0.3 is 15.2 Å². The molecular weight excluding hydrogens is 202 g/mol. The minimum atomic E-state index is 0.166. The lowest BCUT2D eigenvalue weighted by Crippen LogP contribution is -2.17. The number of hydrogen-bond acceptors (Lipinski definition) is 3. The second-order valence-electron chi connectivity index (χ2n) is 4.11. The zero-order valence-electron chi connectivity index (χ0n) is 9.74. The molecule has 3 nitrogen and oxygen atoms in total. The van der Waals surface area contributed by atoms with Crippen molar-refractivity contribution in [3.8, 4) is 5.75 Å². The fraction of sp³-hybridized carbons (Fsp3) is 0.538. The van der Waals surface area contributed by atoms with Crippen molar-refractivity contribution in [2.45, 2.75) is 32.2 Å². The van der Waals surface area contributed by atoms with Gasteiger partial charge in [0.1, 0.15) is 5.75 Å². The summed E-state index contributed by atoms with van der Waals surface area (Å²) < 4.78 is 10.6. The Morgan fingerprint density at radius 1 is 1.44 bits per heavy atom. The van der Waals surface area contributed by atoms with E-state index in [1.165, 1.54) is 17.5 Å². The Morgan fingerprint density at radius 3 is 3.12 bits per heavy atom. The minimum Gasteiger partial charge on any atom is -0.468 e. The van der Waals surface area contributed by atoms with Crippen molar-refractivity contribution in [2.24, 2.45) is 5.73 Å². The van der Waals surface area contributed by atoms with Crippen LogP contribution in [0.5, 0.6) is 5.75 Å². The molecular formula is C13H19NO2. The molecule has 0 bridgehead atoms. The van der Waals surface area contributed by atoms with Gasteiger partial charge in [-0.1, -0.05) is 6.07 Å². The molecule has 1 unspecified atom stereocenters. The van der Waals surface area contributed by atoms with Gasteiger partial charge in [-0.2, -0.15) is 0 Å². The summed E-state index contributed by atoms with van der Waals surface area (Å²) >= 11 is 0. The van der Waals surface area contributed by atoms with Crippen LogP contribution in [0.15, 0.2) is 18.2 Å². The van der Waals surface area contributed by atoms with Crippen LogP contribution in [0.1, 0.15) is 36.9 Å². The number of hydrogen-bond donors (Lipinski definition) is 1. The average molecular weight is 221 g/mol. The van der Waals surface area contributed by atoms with Crippen LogP contribution in [0, 0.1) is 0 Å². The van der Waals surface area contributed by atoms with Gasteiger partial charge in [0, 0.05) is 12.6 Å². The number of rotatable bonds is 4. The predicted octanol–water partition coefficient (Wildman–Crippen LogP) is 2.40. The van der Waals surface area contributed by atoms with Crippen LogP contribution in [0.25, 0.3) is 0 Å². The van der Waals surface area contributed by atoms with Gasteiger partial charge in [0.15, 0.2) is 6.79 Å². The quantitative estimate of drug-likeness (QED) is 0.627. The monoisotopic (exact) mass is 221 g/mol. The molecule has 0 aromatic heterocycles. The first-order valence-electron chi connectivity index (χ1n) is 5.90. The van der Waals surface area contributed by atoms with Crippen molar-refractivity contribution in [3.05, 3.63) is 29.3 Å². The van der Waals surface area contributed by atoms with E-state index in [1.54, 1.807) is 0 Å². The van der Waals surface area contributed by atoms with E-state index in [2.05, 4.69) is 12.1 Å². The van der Waals surface area contributed by atoms with E-state index < -0.39 is 0 Å². The molecule has 2 N–H and O–H groups in total. The number of nitrogens with two attached hydrogens (primary N) is 1. The molecule has 0 fully saturated rings. The summed E-state index contributed by atoms with van der Waals surface area (Å²) in [5.74, 6) is 0.851. The number of aryl methyl sites for hydroxylation is 1. The molecule has 1 aromatic rings. The van der Waals surface area contributed by atoms with Crippen molar-refractivity contribution in [1.29, 1.82) is 0 Å². The van der Waals surface area contributed by atoms with E-state index in [4.69, 9.17) is 15.2 Å². The first-order chi connectivity index (χ1) is 7.81. The highest BCUT2D eigenvalue weighted by Crippen LogP contribution is 2.30. The number of fused-ring (bicyclic) bond motifs is 1. The molecule has 88 valence electrons. The average Bonchev–Trinajstić information content (AvgIpc) is 2.30. The van der Waals surface area contributed by atoms with E-state index in [0.717, 1.165) is 18.6 Å². The molecule has 0 saturated heterocycles. The molecule has 0 radical (unpaired) electrons. The van der Waals surface area contributed by atoms with E-state index in [0.29, 0.717) is 13.4 Å². The zero-order valence-corrected chi connectivity index (χ0v) is 9.74. The summed E-state index contributed by atoms with van der Waals surface area (Å²) in [4.78, 5) is 0. The van der Waals surface area contributed by atoms with E-state index in [9.17, 15) is 0 Å². The van der Waals surface area contributed by atoms with Crippen LogP contribution in [0.2, 0.25) is 0 Å². The molecule has 0 spiro atoms. The van der Waals surface area contributed by atoms with Crippen molar-refractivity contribution < 1.29 is 9.47 Å². The van der Waals surface area contributed by atoms with Gasteiger partial charge >= 0.3 is 0 Å². The first kappa shape index (κ1) is 11.4. The molecule has 0 amide bonds. The van der Waals surface area contributed by atoms with Gasteiger partial charge in [-0.25, -0.2) is 0 Å². The first-order valence-corrected chi connectivity index (χ1v) is 5.90. The van der Waals surface area contributed by atoms with E-state index >= 15 is 0 Å². The number of ether oxygens (including phenoxy) is 2. The fourth-order valence-corrected chi connectivity index (χ4v) is 2.10. The molecule has 2 rings (SSSR count). The Labute approximate surface area is 96.5 Å². The highest BCUT2D eigenvalue weighted by atomic mass is 16.7. The molecule has 0 aliphatic heterocycles. The lowest BCUT2D eigenvalue weighted by molar-refractivity contribution is 0.0223. The van der Waals surface area contributed by atoms with E-state index in [-0.39, 0.29) is 6.04 Å². The maximum absolute atomic E-state index is 6.08. The van der Waals surface area contributed by atoms with Crippen LogP contribution in [0.3, 0.4) is 0 Å². The van der Waals surface area contributed by atoms with Crippen molar-refractivity contribution in [2.75, 3.05) is 13.4 Å². The Hall–Kier alpha value is -1.06. The van der Waals surface area contributed by atoms with Crippen LogP contribution in [-0.4, -0.2) is 13.4 Å². The van der Waals surface area contributed by atoms with Crippen LogP contribution < -0.4 is 10.5 Å². The van der Waals surface area contributed by atoms with E-state index in [1.807, 2.05) is 13.0 Å². The fourth-order valence-electron chi connectivity index (χ4n) is 2.10. The van der Waals surface area contributed by atoms with Gasteiger partial charge in [0.05, 0.1) is 0 Å². The summed E-state index contributed by atoms with van der Waals surface area (Å²) in [7, 11) is 0. The third kappa shape index (κ3) is 2.54. The van der Waals surface area contributed by atoms with Crippen LogP contribution >= 0.6 is 0 Å². The molecule has 1 aliphatic rings. The van der Waals surface area contributed by atoms with Gasteiger partial charge in [-0.3, -0.25) is 0 Å². The molecule has 0 heterocycles. The van der Waals surface area contributed by atoms with Crippen LogP contribution in [0.4, 0.5) is 0 Å². The maximum Gasteiger partial charge on any atom is 0.189 e. The van der Waals surface area contributed by atoms with Gasteiger partial charge in [0.25, 0.3) is 0 Å². The zero-order chi connectivity index (χ0) is 11.4. The van der Waals surface area contributed by atoms with Crippen molar-refractivity contribution >= 4 is 0 Å². The maximum atomic E-state index is 6.08. The Morgan fingerprint density at radius 2 is 2.31 bits per heavy atom. The Balaban J connectivity index is 2.08. The van der Waals surface area contributed by atoms with Gasteiger partial charge in [0.2, 0.25) is 0 Å². The third-order valence-electron chi connectivity index (χ3n) is 2.99. The minimum absolute atomic E-state index is 0.166. The molecule has 1 aliphatic carbocycles. The summed E-state index contributed by atoms with van der Waals surface area (Å²) in [6.45, 7) is 2.93. The molecule has 16 heavy (non-hydrogen) atoms. The van der Waals surface area contributed by atoms with Gasteiger partial charge in [-0.05, 0) is 49.4 Å². The largest absolute Gasteiger partial charge is 0.468 e. The van der Waals surface area contributed by atoms with Crippen LogP contribution in [-0.2, 0) is 11.2 Å². The van der Waals surface area contributed by atoms with Gasteiger partial charge in [-0.15, -0.1) is 0 Å². The van der Waals surface area contributed by atoms with Crippen molar-refractivity contribution in [3.63, 3.8) is 0 Å². The topological polar surface area (TPSA) is 44.5 Å². The summed E-state index contributed by atoms with van der Waals surface area (Å²) in [6.07, 6.45) is 3.39. The summed E-state index contributed by atoms with van der Waals surface area (Å²) in [6, 6.07) is 6.34.